The van der Waals surface area contributed by atoms with Gasteiger partial charge in [0.15, 0.2) is 5.58 Å². The summed E-state index contributed by atoms with van der Waals surface area (Å²) in [5.41, 5.74) is 3.87. The molecule has 0 radical (unpaired) electrons. The highest BCUT2D eigenvalue weighted by molar-refractivity contribution is 6.05. The van der Waals surface area contributed by atoms with E-state index in [0.29, 0.717) is 28.8 Å². The van der Waals surface area contributed by atoms with Gasteiger partial charge in [0.1, 0.15) is 11.6 Å². The Hall–Kier alpha value is -3.87. The van der Waals surface area contributed by atoms with Crippen molar-refractivity contribution in [2.45, 2.75) is 13.0 Å². The number of aliphatic imine (C=N–C) groups is 1. The first-order valence-corrected chi connectivity index (χ1v) is 8.84. The smallest absolute Gasteiger partial charge is 0.343 e. The Bertz CT molecular complexity index is 1220. The fraction of sp³-hybridized carbons (Fsp3) is 0.0952. The van der Waals surface area contributed by atoms with Gasteiger partial charge >= 0.3 is 11.6 Å². The Morgan fingerprint density at radius 3 is 2.68 bits per heavy atom. The van der Waals surface area contributed by atoms with Crippen molar-refractivity contribution >= 4 is 28.8 Å². The summed E-state index contributed by atoms with van der Waals surface area (Å²) in [5.74, 6) is 0.446. The maximum absolute atomic E-state index is 12.5. The fourth-order valence-electron chi connectivity index (χ4n) is 3.30. The summed E-state index contributed by atoms with van der Waals surface area (Å²) in [6.07, 6.45) is 1.44. The number of hydrogen-bond acceptors (Lipinski definition) is 7. The Kier molecular flexibility index (Phi) is 3.72. The number of anilines is 2. The zero-order chi connectivity index (χ0) is 19.1. The van der Waals surface area contributed by atoms with Crippen molar-refractivity contribution in [2.24, 2.45) is 4.99 Å². The van der Waals surface area contributed by atoms with Crippen LogP contribution in [0.25, 0.3) is 11.1 Å². The predicted molar refractivity (Wildman–Crippen MR) is 107 cm³/mol. The van der Waals surface area contributed by atoms with Gasteiger partial charge < -0.3 is 14.2 Å². The number of nitrogens with one attached hydrogen (secondary N) is 2. The first-order valence-electron chi connectivity index (χ1n) is 8.84. The molecule has 0 bridgehead atoms. The Labute approximate surface area is 159 Å². The molecule has 3 heterocycles. The molecule has 138 valence electrons. The average molecular weight is 372 g/mol. The lowest BCUT2D eigenvalue weighted by molar-refractivity contribution is 0.494. The molecule has 1 aliphatic rings. The van der Waals surface area contributed by atoms with Gasteiger partial charge in [-0.15, -0.1) is 0 Å². The summed E-state index contributed by atoms with van der Waals surface area (Å²) in [6.45, 7) is 1.87. The molecule has 4 aromatic rings. The molecule has 0 saturated heterocycles. The van der Waals surface area contributed by atoms with E-state index < -0.39 is 11.7 Å². The van der Waals surface area contributed by atoms with Gasteiger partial charge in [-0.2, -0.15) is 4.98 Å². The van der Waals surface area contributed by atoms with Gasteiger partial charge in [-0.25, -0.2) is 9.79 Å². The van der Waals surface area contributed by atoms with Crippen LogP contribution in [0.5, 0.6) is 0 Å². The second-order valence-electron chi connectivity index (χ2n) is 6.52. The number of oxazole rings is 1. The van der Waals surface area contributed by atoms with E-state index in [2.05, 4.69) is 15.6 Å². The largest absolute Gasteiger partial charge is 0.431 e. The standard InChI is InChI=1S/C21H16N4O3/c1-12-11-27-19(26)16-17(12)23-20(24-18(16)13-7-3-2-4-8-13)25-21-22-14-9-5-6-10-15(14)28-21/h2-11,18H,1H3,(H2,22,23,24,25). The van der Waals surface area contributed by atoms with Crippen molar-refractivity contribution in [3.63, 3.8) is 0 Å². The van der Waals surface area contributed by atoms with Gasteiger partial charge in [-0.1, -0.05) is 42.5 Å². The van der Waals surface area contributed by atoms with Gasteiger partial charge in [0.05, 0.1) is 17.5 Å². The van der Waals surface area contributed by atoms with Gasteiger partial charge in [-0.05, 0) is 24.6 Å². The molecule has 7 heteroatoms. The third-order valence-corrected chi connectivity index (χ3v) is 4.64. The minimum absolute atomic E-state index is 0.323. The molecule has 0 saturated carbocycles. The van der Waals surface area contributed by atoms with E-state index in [1.165, 1.54) is 6.26 Å². The van der Waals surface area contributed by atoms with Gasteiger partial charge in [0.25, 0.3) is 0 Å². The topological polar surface area (TPSA) is 92.7 Å². The zero-order valence-electron chi connectivity index (χ0n) is 15.0. The second kappa shape index (κ2) is 6.38. The molecule has 0 spiro atoms. The number of fused-ring (bicyclic) bond motifs is 2. The van der Waals surface area contributed by atoms with Crippen LogP contribution in [-0.2, 0) is 0 Å². The quantitative estimate of drug-likeness (QED) is 0.551. The van der Waals surface area contributed by atoms with Crippen molar-refractivity contribution in [3.05, 3.63) is 88.0 Å². The number of guanidine groups is 1. The maximum Gasteiger partial charge on any atom is 0.343 e. The van der Waals surface area contributed by atoms with Crippen LogP contribution < -0.4 is 16.3 Å². The molecule has 2 aromatic heterocycles. The van der Waals surface area contributed by atoms with Crippen LogP contribution in [0.1, 0.15) is 22.7 Å². The number of rotatable bonds is 2. The average Bonchev–Trinajstić information content (AvgIpc) is 3.13. The van der Waals surface area contributed by atoms with E-state index in [9.17, 15) is 4.79 Å². The van der Waals surface area contributed by atoms with Gasteiger partial charge in [-0.3, -0.25) is 5.32 Å². The second-order valence-corrected chi connectivity index (χ2v) is 6.52. The number of hydrogen-bond donors (Lipinski definition) is 2. The Morgan fingerprint density at radius 1 is 1.07 bits per heavy atom. The van der Waals surface area contributed by atoms with Crippen LogP contribution in [0.15, 0.2) is 79.5 Å². The SMILES string of the molecule is Cc1coc(=O)c2c1NC(Nc1nc3ccccc3o1)=NC2c1ccccc1. The molecule has 2 N–H and O–H groups in total. The van der Waals surface area contributed by atoms with E-state index >= 15 is 0 Å². The number of aryl methyl sites for hydroxylation is 1. The molecule has 5 rings (SSSR count). The molecule has 2 aromatic carbocycles. The van der Waals surface area contributed by atoms with Crippen molar-refractivity contribution in [3.8, 4) is 0 Å². The van der Waals surface area contributed by atoms with Crippen LogP contribution in [0, 0.1) is 6.92 Å². The summed E-state index contributed by atoms with van der Waals surface area (Å²) >= 11 is 0. The summed E-state index contributed by atoms with van der Waals surface area (Å²) < 4.78 is 10.9. The molecule has 0 amide bonds. The van der Waals surface area contributed by atoms with Crippen LogP contribution in [0.2, 0.25) is 0 Å². The van der Waals surface area contributed by atoms with Crippen LogP contribution in [0.3, 0.4) is 0 Å². The van der Waals surface area contributed by atoms with Crippen molar-refractivity contribution in [2.75, 3.05) is 10.6 Å². The Morgan fingerprint density at radius 2 is 1.86 bits per heavy atom. The van der Waals surface area contributed by atoms with Crippen LogP contribution in [0.4, 0.5) is 11.7 Å². The number of para-hydroxylation sites is 2. The third-order valence-electron chi connectivity index (χ3n) is 4.64. The molecular weight excluding hydrogens is 356 g/mol. The Balaban J connectivity index is 1.59. The molecular formula is C21H16N4O3. The lowest BCUT2D eigenvalue weighted by atomic mass is 9.97. The predicted octanol–water partition coefficient (Wildman–Crippen LogP) is 4.07. The van der Waals surface area contributed by atoms with E-state index in [1.54, 1.807) is 0 Å². The number of nitrogens with zero attached hydrogens (tertiary/aromatic N) is 2. The van der Waals surface area contributed by atoms with E-state index in [-0.39, 0.29) is 0 Å². The third kappa shape index (κ3) is 2.73. The highest BCUT2D eigenvalue weighted by Gasteiger charge is 2.29. The van der Waals surface area contributed by atoms with Crippen molar-refractivity contribution in [1.82, 2.24) is 4.98 Å². The van der Waals surface area contributed by atoms with E-state index in [0.717, 1.165) is 16.6 Å². The molecule has 28 heavy (non-hydrogen) atoms. The van der Waals surface area contributed by atoms with Crippen molar-refractivity contribution < 1.29 is 8.83 Å². The molecule has 1 unspecified atom stereocenters. The maximum atomic E-state index is 12.5. The van der Waals surface area contributed by atoms with Crippen molar-refractivity contribution in [1.29, 1.82) is 0 Å². The summed E-state index contributed by atoms with van der Waals surface area (Å²) in [7, 11) is 0. The van der Waals surface area contributed by atoms with Gasteiger partial charge in [0.2, 0.25) is 5.96 Å². The van der Waals surface area contributed by atoms with Gasteiger partial charge in [0, 0.05) is 5.56 Å². The monoisotopic (exact) mass is 372 g/mol. The molecule has 1 aliphatic heterocycles. The summed E-state index contributed by atoms with van der Waals surface area (Å²) in [5, 5.41) is 6.26. The summed E-state index contributed by atoms with van der Waals surface area (Å²) in [6, 6.07) is 16.9. The first kappa shape index (κ1) is 16.3. The highest BCUT2D eigenvalue weighted by atomic mass is 16.4. The zero-order valence-corrected chi connectivity index (χ0v) is 15.0. The summed E-state index contributed by atoms with van der Waals surface area (Å²) in [4.78, 5) is 21.6. The fourth-order valence-corrected chi connectivity index (χ4v) is 3.30. The van der Waals surface area contributed by atoms with Crippen LogP contribution in [-0.4, -0.2) is 10.9 Å². The molecule has 1 atom stereocenters. The molecule has 0 aliphatic carbocycles. The van der Waals surface area contributed by atoms with E-state index in [4.69, 9.17) is 13.8 Å². The number of aromatic nitrogens is 1. The normalized spacial score (nSPS) is 15.6. The highest BCUT2D eigenvalue weighted by Crippen LogP contribution is 2.34. The van der Waals surface area contributed by atoms with E-state index in [1.807, 2.05) is 61.5 Å². The molecule has 7 nitrogen and oxygen atoms in total. The minimum Gasteiger partial charge on any atom is -0.431 e. The molecule has 0 fully saturated rings. The lowest BCUT2D eigenvalue weighted by Gasteiger charge is -2.25. The van der Waals surface area contributed by atoms with Crippen LogP contribution >= 0.6 is 0 Å². The minimum atomic E-state index is -0.500. The number of benzene rings is 2. The first-order chi connectivity index (χ1) is 13.7. The lowest BCUT2D eigenvalue weighted by Crippen LogP contribution is -2.31.